The number of unbranched alkanes of at least 4 members (excludes halogenated alkanes) is 1. The Morgan fingerprint density at radius 1 is 0.921 bits per heavy atom. The normalized spacial score (nSPS) is 14.4. The summed E-state index contributed by atoms with van der Waals surface area (Å²) in [7, 11) is 1.50. The van der Waals surface area contributed by atoms with Crippen molar-refractivity contribution in [3.05, 3.63) is 89.2 Å². The Bertz CT molecular complexity index is 1350. The van der Waals surface area contributed by atoms with Gasteiger partial charge >= 0.3 is 6.03 Å². The van der Waals surface area contributed by atoms with Crippen LogP contribution in [0.1, 0.15) is 30.9 Å². The van der Waals surface area contributed by atoms with Crippen molar-refractivity contribution in [3.63, 3.8) is 0 Å². The average Bonchev–Trinajstić information content (AvgIpc) is 2.92. The molecule has 1 aliphatic rings. The van der Waals surface area contributed by atoms with Crippen LogP contribution in [0.5, 0.6) is 17.2 Å². The number of nitrogens with one attached hydrogen (secondary N) is 1. The molecular weight excluding hydrogens is 491 g/mol. The number of carbonyl (C=O) groups is 3. The topological polar surface area (TPSA) is 94.2 Å². The number of rotatable bonds is 10. The van der Waals surface area contributed by atoms with E-state index in [1.54, 1.807) is 54.6 Å². The molecule has 9 heteroatoms. The average molecular weight is 519 g/mol. The van der Waals surface area contributed by atoms with Crippen molar-refractivity contribution in [3.8, 4) is 17.2 Å². The SMILES string of the molecule is CCCCOc1ccc(N2C(=O)NC(=O)/C(=C/c3ccc(OC)cc3OCc3ccc(F)cc3)C2=O)cc1. The quantitative estimate of drug-likeness (QED) is 0.224. The summed E-state index contributed by atoms with van der Waals surface area (Å²) >= 11 is 0. The second-order valence-corrected chi connectivity index (χ2v) is 8.47. The molecule has 1 N–H and O–H groups in total. The number of hydrogen-bond acceptors (Lipinski definition) is 6. The van der Waals surface area contributed by atoms with Crippen LogP contribution in [0.25, 0.3) is 6.08 Å². The molecule has 0 atom stereocenters. The first-order chi connectivity index (χ1) is 18.4. The first-order valence-corrected chi connectivity index (χ1v) is 12.1. The molecule has 3 aromatic rings. The van der Waals surface area contributed by atoms with Crippen LogP contribution in [0.2, 0.25) is 0 Å². The van der Waals surface area contributed by atoms with Gasteiger partial charge in [-0.1, -0.05) is 25.5 Å². The second-order valence-electron chi connectivity index (χ2n) is 8.47. The highest BCUT2D eigenvalue weighted by atomic mass is 19.1. The molecule has 0 spiro atoms. The van der Waals surface area contributed by atoms with Gasteiger partial charge in [-0.25, -0.2) is 14.1 Å². The molecule has 3 aromatic carbocycles. The summed E-state index contributed by atoms with van der Waals surface area (Å²) in [6.07, 6.45) is 3.27. The number of halogens is 1. The zero-order chi connectivity index (χ0) is 27.1. The molecule has 38 heavy (non-hydrogen) atoms. The van der Waals surface area contributed by atoms with E-state index in [9.17, 15) is 18.8 Å². The van der Waals surface area contributed by atoms with Crippen LogP contribution in [0.3, 0.4) is 0 Å². The molecule has 8 nitrogen and oxygen atoms in total. The number of imide groups is 2. The maximum atomic E-state index is 13.3. The smallest absolute Gasteiger partial charge is 0.335 e. The van der Waals surface area contributed by atoms with Gasteiger partial charge in [0.1, 0.15) is 35.2 Å². The van der Waals surface area contributed by atoms with Crippen molar-refractivity contribution in [1.29, 1.82) is 0 Å². The summed E-state index contributed by atoms with van der Waals surface area (Å²) in [6.45, 7) is 2.74. The van der Waals surface area contributed by atoms with Gasteiger partial charge < -0.3 is 14.2 Å². The molecule has 4 amide bonds. The lowest BCUT2D eigenvalue weighted by Gasteiger charge is -2.26. The Balaban J connectivity index is 1.60. The molecule has 1 heterocycles. The van der Waals surface area contributed by atoms with E-state index in [0.717, 1.165) is 23.3 Å². The van der Waals surface area contributed by atoms with E-state index < -0.39 is 17.8 Å². The molecule has 0 saturated carbocycles. The predicted octanol–water partition coefficient (Wildman–Crippen LogP) is 5.26. The van der Waals surface area contributed by atoms with Gasteiger partial charge in [0, 0.05) is 11.6 Å². The third-order valence-corrected chi connectivity index (χ3v) is 5.79. The fourth-order valence-electron chi connectivity index (χ4n) is 3.70. The molecule has 0 radical (unpaired) electrons. The Morgan fingerprint density at radius 3 is 2.32 bits per heavy atom. The predicted molar refractivity (Wildman–Crippen MR) is 140 cm³/mol. The van der Waals surface area contributed by atoms with Crippen LogP contribution in [0, 0.1) is 5.82 Å². The van der Waals surface area contributed by atoms with E-state index in [4.69, 9.17) is 14.2 Å². The maximum Gasteiger partial charge on any atom is 0.335 e. The van der Waals surface area contributed by atoms with Crippen molar-refractivity contribution in [1.82, 2.24) is 5.32 Å². The fourth-order valence-corrected chi connectivity index (χ4v) is 3.70. The van der Waals surface area contributed by atoms with Gasteiger partial charge in [-0.3, -0.25) is 14.9 Å². The van der Waals surface area contributed by atoms with E-state index in [2.05, 4.69) is 12.2 Å². The molecule has 4 rings (SSSR count). The molecule has 1 aliphatic heterocycles. The summed E-state index contributed by atoms with van der Waals surface area (Å²) in [5, 5.41) is 2.22. The van der Waals surface area contributed by atoms with Crippen molar-refractivity contribution in [2.75, 3.05) is 18.6 Å². The minimum Gasteiger partial charge on any atom is -0.497 e. The summed E-state index contributed by atoms with van der Waals surface area (Å²) in [5.74, 6) is -0.521. The van der Waals surface area contributed by atoms with Crippen LogP contribution in [-0.4, -0.2) is 31.6 Å². The number of methoxy groups -OCH3 is 1. The molecule has 0 unspecified atom stereocenters. The van der Waals surface area contributed by atoms with Gasteiger partial charge in [-0.2, -0.15) is 0 Å². The summed E-state index contributed by atoms with van der Waals surface area (Å²) < 4.78 is 30.1. The number of ether oxygens (including phenoxy) is 3. The van der Waals surface area contributed by atoms with Crippen LogP contribution in [0.4, 0.5) is 14.9 Å². The number of nitrogens with zero attached hydrogens (tertiary/aromatic N) is 1. The zero-order valence-corrected chi connectivity index (χ0v) is 21.0. The van der Waals surface area contributed by atoms with E-state index in [0.29, 0.717) is 29.4 Å². The summed E-state index contributed by atoms with van der Waals surface area (Å²) in [4.78, 5) is 39.5. The van der Waals surface area contributed by atoms with E-state index in [1.165, 1.54) is 25.3 Å². The van der Waals surface area contributed by atoms with Gasteiger partial charge in [-0.05, 0) is 66.6 Å². The van der Waals surface area contributed by atoms with Crippen molar-refractivity contribution < 1.29 is 33.0 Å². The van der Waals surface area contributed by atoms with Crippen LogP contribution in [-0.2, 0) is 16.2 Å². The van der Waals surface area contributed by atoms with Gasteiger partial charge in [-0.15, -0.1) is 0 Å². The Morgan fingerprint density at radius 2 is 1.63 bits per heavy atom. The lowest BCUT2D eigenvalue weighted by Crippen LogP contribution is -2.54. The van der Waals surface area contributed by atoms with Gasteiger partial charge in [0.25, 0.3) is 11.8 Å². The second kappa shape index (κ2) is 12.1. The highest BCUT2D eigenvalue weighted by molar-refractivity contribution is 6.39. The van der Waals surface area contributed by atoms with Crippen molar-refractivity contribution in [2.45, 2.75) is 26.4 Å². The van der Waals surface area contributed by atoms with E-state index >= 15 is 0 Å². The van der Waals surface area contributed by atoms with Crippen molar-refractivity contribution >= 4 is 29.6 Å². The number of anilines is 1. The van der Waals surface area contributed by atoms with Crippen molar-refractivity contribution in [2.24, 2.45) is 0 Å². The fraction of sp³-hybridized carbons (Fsp3) is 0.207. The molecule has 1 fully saturated rings. The minimum atomic E-state index is -0.848. The number of urea groups is 1. The number of amides is 4. The number of barbiturate groups is 1. The molecular formula is C29H27FN2O6. The highest BCUT2D eigenvalue weighted by Crippen LogP contribution is 2.30. The van der Waals surface area contributed by atoms with E-state index in [1.807, 2.05) is 0 Å². The first kappa shape index (κ1) is 26.4. The number of benzene rings is 3. The Kier molecular flexibility index (Phi) is 8.37. The molecule has 0 aliphatic carbocycles. The van der Waals surface area contributed by atoms with Crippen LogP contribution in [0.15, 0.2) is 72.3 Å². The van der Waals surface area contributed by atoms with Crippen LogP contribution < -0.4 is 24.4 Å². The van der Waals surface area contributed by atoms with E-state index in [-0.39, 0.29) is 23.7 Å². The monoisotopic (exact) mass is 518 g/mol. The molecule has 0 bridgehead atoms. The maximum absolute atomic E-state index is 13.3. The van der Waals surface area contributed by atoms with Gasteiger partial charge in [0.15, 0.2) is 0 Å². The van der Waals surface area contributed by atoms with Gasteiger partial charge in [0.05, 0.1) is 19.4 Å². The summed E-state index contributed by atoms with van der Waals surface area (Å²) in [5.41, 5.74) is 1.18. The zero-order valence-electron chi connectivity index (χ0n) is 21.0. The van der Waals surface area contributed by atoms with Gasteiger partial charge in [0.2, 0.25) is 0 Å². The Labute approximate surface area is 219 Å². The highest BCUT2D eigenvalue weighted by Gasteiger charge is 2.37. The largest absolute Gasteiger partial charge is 0.497 e. The number of carbonyl (C=O) groups excluding carboxylic acids is 3. The number of hydrogen-bond donors (Lipinski definition) is 1. The molecule has 1 saturated heterocycles. The third kappa shape index (κ3) is 6.18. The van der Waals surface area contributed by atoms with Crippen LogP contribution >= 0.6 is 0 Å². The third-order valence-electron chi connectivity index (χ3n) is 5.79. The molecule has 0 aromatic heterocycles. The minimum absolute atomic E-state index is 0.112. The summed E-state index contributed by atoms with van der Waals surface area (Å²) in [6, 6.07) is 16.4. The molecule has 196 valence electrons. The standard InChI is InChI=1S/C29H27FN2O6/c1-3-4-15-37-23-13-10-22(11-14-23)32-28(34)25(27(33)31-29(32)35)16-20-7-12-24(36-2)17-26(20)38-18-19-5-8-21(30)9-6-19/h5-14,16-17H,3-4,15,18H2,1-2H3,(H,31,33,35)/b25-16-. The lowest BCUT2D eigenvalue weighted by molar-refractivity contribution is -0.122. The Hall–Kier alpha value is -4.66. The first-order valence-electron chi connectivity index (χ1n) is 12.1. The lowest BCUT2D eigenvalue weighted by atomic mass is 10.1.